The Morgan fingerprint density at radius 2 is 0.829 bits per heavy atom. The summed E-state index contributed by atoms with van der Waals surface area (Å²) in [4.78, 5) is 0. The highest BCUT2D eigenvalue weighted by Crippen LogP contribution is 2.64. The van der Waals surface area contributed by atoms with Crippen LogP contribution in [-0.2, 0) is 13.3 Å². The van der Waals surface area contributed by atoms with Gasteiger partial charge in [0.1, 0.15) is 0 Å². The molecule has 35 heavy (non-hydrogen) atoms. The number of hydrogen-bond acceptors (Lipinski definition) is 3. The van der Waals surface area contributed by atoms with Crippen molar-refractivity contribution >= 4 is 8.80 Å². The maximum absolute atomic E-state index is 13.9. The van der Waals surface area contributed by atoms with E-state index < -0.39 is 74.7 Å². The third-order valence-corrected chi connectivity index (χ3v) is 7.51. The molecule has 0 atom stereocenters. The lowest BCUT2D eigenvalue weighted by Crippen LogP contribution is -2.74. The lowest BCUT2D eigenvalue weighted by molar-refractivity contribution is -0.450. The molecule has 0 aliphatic heterocycles. The van der Waals surface area contributed by atoms with Gasteiger partial charge in [0.2, 0.25) is 0 Å². The van der Waals surface area contributed by atoms with E-state index in [9.17, 15) is 70.2 Å². The van der Waals surface area contributed by atoms with Crippen molar-refractivity contribution in [2.24, 2.45) is 0 Å². The van der Waals surface area contributed by atoms with Crippen LogP contribution >= 0.6 is 0 Å². The molecule has 20 heteroatoms. The lowest BCUT2D eigenvalue weighted by Gasteiger charge is -2.43. The van der Waals surface area contributed by atoms with E-state index in [-0.39, 0.29) is 0 Å². The summed E-state index contributed by atoms with van der Waals surface area (Å²) in [6.45, 7) is 1.85. The molecule has 0 spiro atoms. The Bertz CT molecular complexity index is 742. The quantitative estimate of drug-likeness (QED) is 0.134. The van der Waals surface area contributed by atoms with Gasteiger partial charge in [-0.2, -0.15) is 70.2 Å². The van der Waals surface area contributed by atoms with Crippen molar-refractivity contribution in [2.75, 3.05) is 21.3 Å². The van der Waals surface area contributed by atoms with Crippen LogP contribution in [0.2, 0.25) is 6.04 Å². The van der Waals surface area contributed by atoms with Crippen LogP contribution in [0.1, 0.15) is 6.42 Å². The van der Waals surface area contributed by atoms with E-state index in [1.54, 1.807) is 0 Å². The number of halogens is 16. The molecule has 210 valence electrons. The van der Waals surface area contributed by atoms with Crippen LogP contribution in [0.5, 0.6) is 0 Å². The Labute approximate surface area is 187 Å². The fourth-order valence-electron chi connectivity index (χ4n) is 2.38. The zero-order valence-electron chi connectivity index (χ0n) is 17.5. The molecule has 0 unspecified atom stereocenters. The van der Waals surface area contributed by atoms with Gasteiger partial charge in [-0.05, 0) is 6.08 Å². The molecule has 0 saturated heterocycles. The smallest absolute Gasteiger partial charge is 0.377 e. The normalized spacial score (nSPS) is 16.0. The summed E-state index contributed by atoms with van der Waals surface area (Å²) >= 11 is 0. The number of rotatable bonds is 14. The predicted molar refractivity (Wildman–Crippen MR) is 86.0 cm³/mol. The summed E-state index contributed by atoms with van der Waals surface area (Å²) in [5.41, 5.74) is 0. The number of allylic oxidation sites excluding steroid dienone is 1. The van der Waals surface area contributed by atoms with Crippen molar-refractivity contribution in [2.45, 2.75) is 59.8 Å². The molecule has 0 aromatic heterocycles. The Hall–Kier alpha value is -1.28. The monoisotopic (exact) mass is 576 g/mol. The highest BCUT2D eigenvalue weighted by atomic mass is 28.4. The van der Waals surface area contributed by atoms with Crippen LogP contribution < -0.4 is 0 Å². The Morgan fingerprint density at radius 3 is 1.11 bits per heavy atom. The third-order valence-electron chi connectivity index (χ3n) is 4.78. The molecule has 0 aromatic carbocycles. The predicted octanol–water partition coefficient (Wildman–Crippen LogP) is 6.52. The number of alkyl halides is 16. The summed E-state index contributed by atoms with van der Waals surface area (Å²) in [5, 5.41) is 0. The van der Waals surface area contributed by atoms with E-state index in [1.807, 2.05) is 6.58 Å². The molecule has 0 amide bonds. The van der Waals surface area contributed by atoms with Gasteiger partial charge < -0.3 is 13.3 Å². The summed E-state index contributed by atoms with van der Waals surface area (Å²) in [6, 6.07) is -1.56. The molecule has 0 bridgehead atoms. The summed E-state index contributed by atoms with van der Waals surface area (Å²) in [6.07, 6.45) is -4.08. The highest BCUT2D eigenvalue weighted by molar-refractivity contribution is 6.60. The standard InChI is InChI=1S/C15H16F16O3Si/c1-5-8(16,17)10(20,21)12(24,25)14(28,29)15(30,31)13(26,27)11(22,23)9(18,19)6-7-35(32-2,33-3)34-4/h5H,1,6-7H2,2-4H3. The Balaban J connectivity index is 6.63. The van der Waals surface area contributed by atoms with Gasteiger partial charge in [0.15, 0.2) is 0 Å². The maximum atomic E-state index is 13.9. The van der Waals surface area contributed by atoms with Crippen LogP contribution in [0.15, 0.2) is 12.7 Å². The summed E-state index contributed by atoms with van der Waals surface area (Å²) in [7, 11) is -2.25. The van der Waals surface area contributed by atoms with Gasteiger partial charge >= 0.3 is 56.2 Å². The van der Waals surface area contributed by atoms with Crippen LogP contribution in [0.3, 0.4) is 0 Å². The molecule has 0 radical (unpaired) electrons. The van der Waals surface area contributed by atoms with Crippen LogP contribution in [0.25, 0.3) is 0 Å². The van der Waals surface area contributed by atoms with Crippen LogP contribution in [0, 0.1) is 0 Å². The first-order valence-electron chi connectivity index (χ1n) is 8.51. The first-order chi connectivity index (χ1) is 15.2. The fourth-order valence-corrected chi connectivity index (χ4v) is 4.11. The minimum absolute atomic E-state index is 0.695. The fraction of sp³-hybridized carbons (Fsp3) is 0.867. The molecule has 0 fully saturated rings. The Kier molecular flexibility index (Phi) is 9.20. The molecule has 0 heterocycles. The SMILES string of the molecule is C=CC(F)(F)C(F)(F)C(F)(F)C(F)(F)C(F)(F)C(F)(F)C(F)(F)C(F)(F)CC[Si](OC)(OC)OC. The van der Waals surface area contributed by atoms with Crippen molar-refractivity contribution < 1.29 is 83.5 Å². The zero-order valence-corrected chi connectivity index (χ0v) is 18.5. The molecule has 0 N–H and O–H groups in total. The highest BCUT2D eigenvalue weighted by Gasteiger charge is 2.94. The molecule has 3 nitrogen and oxygen atoms in total. The minimum Gasteiger partial charge on any atom is -0.377 e. The van der Waals surface area contributed by atoms with Crippen LogP contribution in [-0.4, -0.2) is 77.5 Å². The van der Waals surface area contributed by atoms with Gasteiger partial charge in [-0.15, -0.1) is 0 Å². The van der Waals surface area contributed by atoms with Gasteiger partial charge in [0, 0.05) is 33.8 Å². The minimum atomic E-state index is -8.46. The summed E-state index contributed by atoms with van der Waals surface area (Å²) < 4.78 is 231. The van der Waals surface area contributed by atoms with E-state index >= 15 is 0 Å². The number of hydrogen-bond donors (Lipinski definition) is 0. The first kappa shape index (κ1) is 33.7. The van der Waals surface area contributed by atoms with E-state index in [0.29, 0.717) is 21.3 Å². The van der Waals surface area contributed by atoms with Gasteiger partial charge in [-0.1, -0.05) is 6.58 Å². The summed E-state index contributed by atoms with van der Waals surface area (Å²) in [5.74, 6) is -61.6. The first-order valence-corrected chi connectivity index (χ1v) is 10.4. The van der Waals surface area contributed by atoms with Gasteiger partial charge in [0.05, 0.1) is 0 Å². The molecule has 0 saturated carbocycles. The molecular weight excluding hydrogens is 560 g/mol. The van der Waals surface area contributed by atoms with Crippen molar-refractivity contribution in [3.05, 3.63) is 12.7 Å². The van der Waals surface area contributed by atoms with E-state index in [1.165, 1.54) is 0 Å². The maximum Gasteiger partial charge on any atom is 0.500 e. The van der Waals surface area contributed by atoms with Crippen molar-refractivity contribution in [3.8, 4) is 0 Å². The van der Waals surface area contributed by atoms with Gasteiger partial charge in [-0.3, -0.25) is 0 Å². The van der Waals surface area contributed by atoms with E-state index in [2.05, 4.69) is 13.3 Å². The molecule has 0 aliphatic rings. The van der Waals surface area contributed by atoms with E-state index in [4.69, 9.17) is 0 Å². The largest absolute Gasteiger partial charge is 0.500 e. The second-order valence-corrected chi connectivity index (χ2v) is 9.86. The van der Waals surface area contributed by atoms with Crippen molar-refractivity contribution in [1.29, 1.82) is 0 Å². The van der Waals surface area contributed by atoms with E-state index in [0.717, 1.165) is 0 Å². The lowest BCUT2D eigenvalue weighted by atomic mass is 9.87. The van der Waals surface area contributed by atoms with Crippen molar-refractivity contribution in [1.82, 2.24) is 0 Å². The second kappa shape index (κ2) is 9.55. The van der Waals surface area contributed by atoms with Crippen molar-refractivity contribution in [3.63, 3.8) is 0 Å². The topological polar surface area (TPSA) is 27.7 Å². The van der Waals surface area contributed by atoms with Gasteiger partial charge in [0.25, 0.3) is 0 Å². The molecule has 0 rings (SSSR count). The Morgan fingerprint density at radius 1 is 0.543 bits per heavy atom. The molecule has 0 aliphatic carbocycles. The molecule has 0 aromatic rings. The van der Waals surface area contributed by atoms with Crippen LogP contribution in [0.4, 0.5) is 70.2 Å². The van der Waals surface area contributed by atoms with Gasteiger partial charge in [-0.25, -0.2) is 0 Å². The average Bonchev–Trinajstić information content (AvgIpc) is 2.74. The second-order valence-electron chi connectivity index (χ2n) is 6.77. The zero-order chi connectivity index (χ0) is 28.7. The third kappa shape index (κ3) is 4.74. The molecular formula is C15H16F16O3Si. The average molecular weight is 576 g/mol.